The van der Waals surface area contributed by atoms with Crippen LogP contribution in [-0.4, -0.2) is 10.8 Å². The number of carbonyl (C=O) groups excluding carboxylic acids is 1. The monoisotopic (exact) mass is 205 g/mol. The van der Waals surface area contributed by atoms with Gasteiger partial charge in [-0.15, -0.1) is 0 Å². The van der Waals surface area contributed by atoms with Crippen molar-refractivity contribution < 1.29 is 4.79 Å². The van der Waals surface area contributed by atoms with Crippen LogP contribution in [0.25, 0.3) is 0 Å². The van der Waals surface area contributed by atoms with Crippen LogP contribution in [0.1, 0.15) is 47.1 Å². The summed E-state index contributed by atoms with van der Waals surface area (Å²) in [4.78, 5) is 15.4. The predicted molar refractivity (Wildman–Crippen MR) is 61.2 cm³/mol. The van der Waals surface area contributed by atoms with Gasteiger partial charge in [-0.05, 0) is 44.2 Å². The summed E-state index contributed by atoms with van der Waals surface area (Å²) in [6.45, 7) is 8.30. The van der Waals surface area contributed by atoms with Gasteiger partial charge >= 0.3 is 0 Å². The molecule has 1 aliphatic rings. The van der Waals surface area contributed by atoms with E-state index in [1.165, 1.54) is 5.56 Å². The third kappa shape index (κ3) is 1.62. The molecule has 1 saturated carbocycles. The van der Waals surface area contributed by atoms with Crippen molar-refractivity contribution in [3.8, 4) is 0 Å². The highest BCUT2D eigenvalue weighted by molar-refractivity contribution is 5.99. The minimum atomic E-state index is 0.297. The number of nitrogens with one attached hydrogen (secondary N) is 1. The maximum absolute atomic E-state index is 12.1. The normalized spacial score (nSPS) is 24.3. The van der Waals surface area contributed by atoms with Crippen molar-refractivity contribution in [2.45, 2.75) is 40.5 Å². The number of hydrogen-bond donors (Lipinski definition) is 1. The van der Waals surface area contributed by atoms with E-state index in [2.05, 4.69) is 18.8 Å². The van der Waals surface area contributed by atoms with Crippen molar-refractivity contribution >= 4 is 5.78 Å². The molecule has 82 valence electrons. The molecule has 0 saturated heterocycles. The maximum atomic E-state index is 12.1. The molecule has 0 bridgehead atoms. The molecule has 1 aliphatic carbocycles. The van der Waals surface area contributed by atoms with Gasteiger partial charge in [-0.2, -0.15) is 0 Å². The van der Waals surface area contributed by atoms with Crippen LogP contribution < -0.4 is 0 Å². The highest BCUT2D eigenvalue weighted by atomic mass is 16.1. The fourth-order valence-electron chi connectivity index (χ4n) is 2.30. The molecule has 1 aromatic rings. The number of H-pyrrole nitrogens is 1. The molecule has 0 aromatic carbocycles. The second kappa shape index (κ2) is 3.51. The summed E-state index contributed by atoms with van der Waals surface area (Å²) in [6.07, 6.45) is 2.22. The lowest BCUT2D eigenvalue weighted by molar-refractivity contribution is 0.0955. The quantitative estimate of drug-likeness (QED) is 0.755. The zero-order chi connectivity index (χ0) is 11.2. The zero-order valence-corrected chi connectivity index (χ0v) is 9.98. The predicted octanol–water partition coefficient (Wildman–Crippen LogP) is 3.17. The third-order valence-corrected chi connectivity index (χ3v) is 3.84. The average Bonchev–Trinajstić information content (AvgIpc) is 2.97. The summed E-state index contributed by atoms with van der Waals surface area (Å²) in [6, 6.07) is 0. The SMILES string of the molecule is CC[C@@H]1C[C@H]1C(=O)c1[nH]c(C)c(C)c1C. The standard InChI is InChI=1S/C13H19NO/c1-5-10-6-11(10)13(15)12-8(3)7(2)9(4)14-12/h10-11,14H,5-6H2,1-4H3/t10-,11-/m1/s1. The third-order valence-electron chi connectivity index (χ3n) is 3.84. The second-order valence-electron chi connectivity index (χ2n) is 4.75. The number of Topliss-reactive ketones (excluding diaryl/α,β-unsaturated/α-hetero) is 1. The fourth-order valence-corrected chi connectivity index (χ4v) is 2.30. The Morgan fingerprint density at radius 2 is 2.00 bits per heavy atom. The van der Waals surface area contributed by atoms with Crippen LogP contribution in [0.2, 0.25) is 0 Å². The first kappa shape index (κ1) is 10.5. The lowest BCUT2D eigenvalue weighted by atomic mass is 10.1. The molecule has 0 aliphatic heterocycles. The van der Waals surface area contributed by atoms with Crippen LogP contribution >= 0.6 is 0 Å². The van der Waals surface area contributed by atoms with E-state index in [1.807, 2.05) is 13.8 Å². The van der Waals surface area contributed by atoms with Crippen LogP contribution in [0.5, 0.6) is 0 Å². The second-order valence-corrected chi connectivity index (χ2v) is 4.75. The first-order valence-corrected chi connectivity index (χ1v) is 5.76. The van der Waals surface area contributed by atoms with Gasteiger partial charge in [0.1, 0.15) is 0 Å². The Hall–Kier alpha value is -1.05. The van der Waals surface area contributed by atoms with E-state index in [0.29, 0.717) is 17.6 Å². The van der Waals surface area contributed by atoms with Gasteiger partial charge in [-0.25, -0.2) is 0 Å². The van der Waals surface area contributed by atoms with Gasteiger partial charge in [-0.3, -0.25) is 4.79 Å². The Morgan fingerprint density at radius 3 is 2.40 bits per heavy atom. The van der Waals surface area contributed by atoms with E-state index in [4.69, 9.17) is 0 Å². The number of aromatic amines is 1. The number of hydrogen-bond acceptors (Lipinski definition) is 1. The van der Waals surface area contributed by atoms with Crippen molar-refractivity contribution in [2.24, 2.45) is 11.8 Å². The molecule has 2 atom stereocenters. The molecule has 1 fully saturated rings. The number of aromatic nitrogens is 1. The summed E-state index contributed by atoms with van der Waals surface area (Å²) in [5, 5.41) is 0. The Bertz CT molecular complexity index is 403. The van der Waals surface area contributed by atoms with E-state index in [9.17, 15) is 4.79 Å². The van der Waals surface area contributed by atoms with E-state index < -0.39 is 0 Å². The van der Waals surface area contributed by atoms with E-state index in [0.717, 1.165) is 29.8 Å². The molecule has 2 rings (SSSR count). The summed E-state index contributed by atoms with van der Waals surface area (Å²) in [5.41, 5.74) is 4.35. The topological polar surface area (TPSA) is 32.9 Å². The zero-order valence-electron chi connectivity index (χ0n) is 9.98. The minimum absolute atomic E-state index is 0.297. The first-order chi connectivity index (χ1) is 7.06. The van der Waals surface area contributed by atoms with Gasteiger partial charge in [0.05, 0.1) is 5.69 Å². The minimum Gasteiger partial charge on any atom is -0.356 e. The number of ketones is 1. The molecule has 1 aromatic heterocycles. The molecule has 0 amide bonds. The largest absolute Gasteiger partial charge is 0.356 e. The molecule has 1 heterocycles. The van der Waals surface area contributed by atoms with E-state index in [-0.39, 0.29) is 0 Å². The van der Waals surface area contributed by atoms with Gasteiger partial charge in [0.15, 0.2) is 5.78 Å². The molecule has 2 nitrogen and oxygen atoms in total. The Labute approximate surface area is 91.1 Å². The maximum Gasteiger partial charge on any atom is 0.182 e. The van der Waals surface area contributed by atoms with Gasteiger partial charge in [0.25, 0.3) is 0 Å². The van der Waals surface area contributed by atoms with Crippen molar-refractivity contribution in [3.63, 3.8) is 0 Å². The molecule has 0 spiro atoms. The van der Waals surface area contributed by atoms with Crippen molar-refractivity contribution in [2.75, 3.05) is 0 Å². The van der Waals surface area contributed by atoms with Crippen LogP contribution in [0.15, 0.2) is 0 Å². The van der Waals surface area contributed by atoms with E-state index >= 15 is 0 Å². The lowest BCUT2D eigenvalue weighted by Crippen LogP contribution is -2.05. The fraction of sp³-hybridized carbons (Fsp3) is 0.615. The average molecular weight is 205 g/mol. The number of aryl methyl sites for hydroxylation is 1. The van der Waals surface area contributed by atoms with Gasteiger partial charge in [-0.1, -0.05) is 13.3 Å². The van der Waals surface area contributed by atoms with Gasteiger partial charge < -0.3 is 4.98 Å². The molecule has 1 N–H and O–H groups in total. The first-order valence-electron chi connectivity index (χ1n) is 5.76. The summed E-state index contributed by atoms with van der Waals surface area (Å²) in [7, 11) is 0. The molecule has 2 heteroatoms. The molecule has 0 unspecified atom stereocenters. The lowest BCUT2D eigenvalue weighted by Gasteiger charge is -1.98. The Morgan fingerprint density at radius 1 is 1.33 bits per heavy atom. The summed E-state index contributed by atoms with van der Waals surface area (Å²) in [5.74, 6) is 1.27. The molecule has 0 radical (unpaired) electrons. The van der Waals surface area contributed by atoms with Crippen molar-refractivity contribution in [1.29, 1.82) is 0 Å². The molecular formula is C13H19NO. The van der Waals surface area contributed by atoms with Crippen molar-refractivity contribution in [1.82, 2.24) is 4.98 Å². The summed E-state index contributed by atoms with van der Waals surface area (Å²) >= 11 is 0. The van der Waals surface area contributed by atoms with Gasteiger partial charge in [0.2, 0.25) is 0 Å². The number of rotatable bonds is 3. The Balaban J connectivity index is 2.23. The highest BCUT2D eigenvalue weighted by Crippen LogP contribution is 2.43. The Kier molecular flexibility index (Phi) is 2.45. The van der Waals surface area contributed by atoms with Crippen LogP contribution in [0.3, 0.4) is 0 Å². The number of carbonyl (C=O) groups is 1. The van der Waals surface area contributed by atoms with E-state index in [1.54, 1.807) is 0 Å². The van der Waals surface area contributed by atoms with Crippen LogP contribution in [-0.2, 0) is 0 Å². The van der Waals surface area contributed by atoms with Crippen molar-refractivity contribution in [3.05, 3.63) is 22.5 Å². The van der Waals surface area contributed by atoms with Crippen LogP contribution in [0.4, 0.5) is 0 Å². The molecular weight excluding hydrogens is 186 g/mol. The summed E-state index contributed by atoms with van der Waals surface area (Å²) < 4.78 is 0. The highest BCUT2D eigenvalue weighted by Gasteiger charge is 2.42. The van der Waals surface area contributed by atoms with Gasteiger partial charge in [0, 0.05) is 11.6 Å². The smallest absolute Gasteiger partial charge is 0.182 e. The molecule has 15 heavy (non-hydrogen) atoms. The van der Waals surface area contributed by atoms with Crippen LogP contribution in [0, 0.1) is 32.6 Å².